The predicted octanol–water partition coefficient (Wildman–Crippen LogP) is 2.81. The maximum Gasteiger partial charge on any atom is 0.407 e. The number of hydrogen-bond donors (Lipinski definition) is 1. The highest BCUT2D eigenvalue weighted by Crippen LogP contribution is 2.44. The molecule has 0 saturated heterocycles. The lowest BCUT2D eigenvalue weighted by Gasteiger charge is -2.14. The number of amides is 1. The van der Waals surface area contributed by atoms with Gasteiger partial charge in [0.15, 0.2) is 11.5 Å². The molecule has 7 heteroatoms. The lowest BCUT2D eigenvalue weighted by molar-refractivity contribution is 0.158. The Labute approximate surface area is 136 Å². The monoisotopic (exact) mass is 405 g/mol. The first-order valence-corrected chi connectivity index (χ1v) is 7.53. The van der Waals surface area contributed by atoms with E-state index >= 15 is 0 Å². The van der Waals surface area contributed by atoms with E-state index in [-0.39, 0.29) is 17.3 Å². The van der Waals surface area contributed by atoms with Crippen LogP contribution in [0.4, 0.5) is 4.79 Å². The molecule has 0 aromatic heterocycles. The van der Waals surface area contributed by atoms with Crippen LogP contribution in [0.25, 0.3) is 0 Å². The number of carbonyl (C=O) groups excluding carboxylic acids is 1. The second-order valence-electron chi connectivity index (χ2n) is 4.19. The minimum atomic E-state index is -0.468. The third-order valence-corrected chi connectivity index (χ3v) is 3.96. The van der Waals surface area contributed by atoms with Gasteiger partial charge in [0, 0.05) is 6.54 Å². The fourth-order valence-electron chi connectivity index (χ4n) is 1.81. The van der Waals surface area contributed by atoms with Gasteiger partial charge in [0.1, 0.15) is 6.61 Å². The quantitative estimate of drug-likeness (QED) is 0.448. The number of fused-ring (bicyclic) bond motifs is 1. The number of alkyl halides is 1. The van der Waals surface area contributed by atoms with Gasteiger partial charge in [-0.25, -0.2) is 4.79 Å². The minimum Gasteiger partial charge on any atom is -0.493 e. The smallest absolute Gasteiger partial charge is 0.407 e. The molecule has 1 unspecified atom stereocenters. The molecule has 0 fully saturated rings. The zero-order chi connectivity index (χ0) is 15.2. The number of hydrogen-bond acceptors (Lipinski definition) is 5. The molecule has 1 aliphatic heterocycles. The van der Waals surface area contributed by atoms with E-state index in [0.29, 0.717) is 23.8 Å². The Morgan fingerprint density at radius 2 is 2.38 bits per heavy atom. The van der Waals surface area contributed by atoms with Crippen LogP contribution < -0.4 is 19.5 Å². The standard InChI is InChI=1S/C14H16INO5/c1-3-4-19-14(17)16-7-10(15)9-5-11(18-2)13-12(6-9)20-8-21-13/h3,5-6,10H,1,4,7-8H2,2H3,(H,16,17). The number of benzene rings is 1. The summed E-state index contributed by atoms with van der Waals surface area (Å²) < 4.78 is 20.9. The van der Waals surface area contributed by atoms with E-state index in [1.165, 1.54) is 6.08 Å². The minimum absolute atomic E-state index is 0.0438. The van der Waals surface area contributed by atoms with Crippen LogP contribution >= 0.6 is 22.6 Å². The Bertz CT molecular complexity index is 534. The van der Waals surface area contributed by atoms with Gasteiger partial charge in [-0.3, -0.25) is 0 Å². The molecule has 21 heavy (non-hydrogen) atoms. The van der Waals surface area contributed by atoms with Gasteiger partial charge in [-0.15, -0.1) is 0 Å². The summed E-state index contributed by atoms with van der Waals surface area (Å²) in [7, 11) is 1.58. The number of methoxy groups -OCH3 is 1. The highest BCUT2D eigenvalue weighted by atomic mass is 127. The molecule has 2 rings (SSSR count). The Hall–Kier alpha value is -1.64. The van der Waals surface area contributed by atoms with Crippen molar-refractivity contribution in [3.63, 3.8) is 0 Å². The van der Waals surface area contributed by atoms with Crippen molar-refractivity contribution in [2.24, 2.45) is 0 Å². The van der Waals surface area contributed by atoms with E-state index in [0.717, 1.165) is 5.56 Å². The topological polar surface area (TPSA) is 66.0 Å². The molecule has 0 spiro atoms. The van der Waals surface area contributed by atoms with Crippen molar-refractivity contribution in [1.82, 2.24) is 5.32 Å². The van der Waals surface area contributed by atoms with Crippen molar-refractivity contribution in [2.75, 3.05) is 27.1 Å². The second kappa shape index (κ2) is 7.39. The predicted molar refractivity (Wildman–Crippen MR) is 85.4 cm³/mol. The number of nitrogens with one attached hydrogen (secondary N) is 1. The number of alkyl carbamates (subject to hydrolysis) is 1. The molecule has 1 amide bonds. The lowest BCUT2D eigenvalue weighted by Crippen LogP contribution is -2.27. The number of halogens is 1. The molecule has 114 valence electrons. The largest absolute Gasteiger partial charge is 0.493 e. The first-order valence-electron chi connectivity index (χ1n) is 6.28. The summed E-state index contributed by atoms with van der Waals surface area (Å²) in [6.07, 6.45) is 1.05. The number of carbonyl (C=O) groups is 1. The van der Waals surface area contributed by atoms with E-state index < -0.39 is 6.09 Å². The van der Waals surface area contributed by atoms with Crippen LogP contribution in [0.1, 0.15) is 9.49 Å². The van der Waals surface area contributed by atoms with Crippen molar-refractivity contribution >= 4 is 28.7 Å². The van der Waals surface area contributed by atoms with Gasteiger partial charge in [-0.1, -0.05) is 35.2 Å². The second-order valence-corrected chi connectivity index (χ2v) is 5.70. The van der Waals surface area contributed by atoms with Gasteiger partial charge >= 0.3 is 6.09 Å². The van der Waals surface area contributed by atoms with Gasteiger partial charge in [0.2, 0.25) is 12.5 Å². The Balaban J connectivity index is 2.01. The zero-order valence-electron chi connectivity index (χ0n) is 11.6. The third-order valence-electron chi connectivity index (χ3n) is 2.80. The third kappa shape index (κ3) is 3.93. The van der Waals surface area contributed by atoms with Crippen molar-refractivity contribution < 1.29 is 23.7 Å². The first kappa shape index (κ1) is 15.7. The maximum absolute atomic E-state index is 11.4. The van der Waals surface area contributed by atoms with Crippen LogP contribution in [0.2, 0.25) is 0 Å². The zero-order valence-corrected chi connectivity index (χ0v) is 13.7. The van der Waals surface area contributed by atoms with Gasteiger partial charge in [0.05, 0.1) is 11.0 Å². The van der Waals surface area contributed by atoms with Gasteiger partial charge in [-0.2, -0.15) is 0 Å². The van der Waals surface area contributed by atoms with Crippen molar-refractivity contribution in [3.8, 4) is 17.2 Å². The first-order chi connectivity index (χ1) is 10.2. The molecule has 0 radical (unpaired) electrons. The molecule has 1 atom stereocenters. The summed E-state index contributed by atoms with van der Waals surface area (Å²) in [5, 5.41) is 2.69. The highest BCUT2D eigenvalue weighted by molar-refractivity contribution is 14.1. The lowest BCUT2D eigenvalue weighted by atomic mass is 10.1. The maximum atomic E-state index is 11.4. The number of ether oxygens (including phenoxy) is 4. The molecule has 0 aliphatic carbocycles. The van der Waals surface area contributed by atoms with Crippen LogP contribution in [0, 0.1) is 0 Å². The molecule has 1 heterocycles. The molecular formula is C14H16INO5. The summed E-state index contributed by atoms with van der Waals surface area (Å²) in [6, 6.07) is 3.76. The Morgan fingerprint density at radius 3 is 3.10 bits per heavy atom. The molecule has 6 nitrogen and oxygen atoms in total. The van der Waals surface area contributed by atoms with E-state index in [1.807, 2.05) is 12.1 Å². The van der Waals surface area contributed by atoms with Crippen LogP contribution in [0.15, 0.2) is 24.8 Å². The van der Waals surface area contributed by atoms with E-state index in [4.69, 9.17) is 18.9 Å². The van der Waals surface area contributed by atoms with E-state index in [9.17, 15) is 4.79 Å². The normalized spacial score (nSPS) is 13.4. The summed E-state index contributed by atoms with van der Waals surface area (Å²) in [6.45, 7) is 4.29. The van der Waals surface area contributed by atoms with Crippen LogP contribution in [-0.4, -0.2) is 33.1 Å². The number of rotatable bonds is 6. The summed E-state index contributed by atoms with van der Waals surface area (Å²) in [5.41, 5.74) is 0.973. The van der Waals surface area contributed by atoms with Crippen LogP contribution in [-0.2, 0) is 4.74 Å². The highest BCUT2D eigenvalue weighted by Gasteiger charge is 2.22. The molecular weight excluding hydrogens is 389 g/mol. The van der Waals surface area contributed by atoms with E-state index in [2.05, 4.69) is 34.5 Å². The SMILES string of the molecule is C=CCOC(=O)NCC(I)c1cc(OC)c2c(c1)OCO2. The molecule has 1 aliphatic rings. The average Bonchev–Trinajstić information content (AvgIpc) is 2.97. The summed E-state index contributed by atoms with van der Waals surface area (Å²) in [4.78, 5) is 11.4. The molecule has 1 aromatic carbocycles. The fourth-order valence-corrected chi connectivity index (χ4v) is 2.39. The van der Waals surface area contributed by atoms with E-state index in [1.54, 1.807) is 7.11 Å². The summed E-state index contributed by atoms with van der Waals surface area (Å²) in [5.74, 6) is 1.89. The summed E-state index contributed by atoms with van der Waals surface area (Å²) >= 11 is 2.23. The van der Waals surface area contributed by atoms with Gasteiger partial charge in [-0.05, 0) is 17.7 Å². The van der Waals surface area contributed by atoms with Crippen molar-refractivity contribution in [3.05, 3.63) is 30.4 Å². The Kier molecular flexibility index (Phi) is 5.54. The fraction of sp³-hybridized carbons (Fsp3) is 0.357. The molecule has 1 aromatic rings. The molecule has 0 saturated carbocycles. The van der Waals surface area contributed by atoms with Gasteiger partial charge in [0.25, 0.3) is 0 Å². The van der Waals surface area contributed by atoms with Gasteiger partial charge < -0.3 is 24.3 Å². The Morgan fingerprint density at radius 1 is 1.57 bits per heavy atom. The molecule has 0 bridgehead atoms. The van der Waals surface area contributed by atoms with Crippen LogP contribution in [0.5, 0.6) is 17.2 Å². The van der Waals surface area contributed by atoms with Crippen molar-refractivity contribution in [2.45, 2.75) is 3.92 Å². The van der Waals surface area contributed by atoms with Crippen LogP contribution in [0.3, 0.4) is 0 Å². The van der Waals surface area contributed by atoms with Crippen molar-refractivity contribution in [1.29, 1.82) is 0 Å². The molecule has 1 N–H and O–H groups in total. The average molecular weight is 405 g/mol.